The summed E-state index contributed by atoms with van der Waals surface area (Å²) in [5.41, 5.74) is 1.92. The summed E-state index contributed by atoms with van der Waals surface area (Å²) >= 11 is 0. The van der Waals surface area contributed by atoms with Crippen molar-refractivity contribution in [3.8, 4) is 23.0 Å². The first-order valence-electron chi connectivity index (χ1n) is 30.6. The maximum atomic E-state index is 12.1. The van der Waals surface area contributed by atoms with E-state index >= 15 is 0 Å². The van der Waals surface area contributed by atoms with E-state index in [-0.39, 0.29) is 32.3 Å². The molecule has 4 saturated carbocycles. The molecule has 0 N–H and O–H groups in total. The average Bonchev–Trinajstić information content (AvgIpc) is 4.54. The van der Waals surface area contributed by atoms with Crippen molar-refractivity contribution in [2.24, 2.45) is 5.92 Å². The molecule has 0 atom stereocenters. The number of Topliss-reactive ketones (excluding diaryl/α,β-unsaturated/α-hetero) is 4. The molecule has 4 aromatic rings. The Morgan fingerprint density at radius 3 is 0.898 bits per heavy atom. The summed E-state index contributed by atoms with van der Waals surface area (Å²) in [5, 5.41) is 0. The van der Waals surface area contributed by atoms with Gasteiger partial charge in [-0.25, -0.2) is 19.2 Å². The van der Waals surface area contributed by atoms with Crippen LogP contribution in [0.15, 0.2) is 123 Å². The molecule has 16 heteroatoms. The quantitative estimate of drug-likeness (QED) is 0.0325. The molecule has 16 nitrogen and oxygen atoms in total. The van der Waals surface area contributed by atoms with Gasteiger partial charge in [-0.05, 0) is 200 Å². The first kappa shape index (κ1) is 70.4. The van der Waals surface area contributed by atoms with Crippen molar-refractivity contribution in [2.45, 2.75) is 173 Å². The zero-order chi connectivity index (χ0) is 64.2. The van der Waals surface area contributed by atoms with Gasteiger partial charge >= 0.3 is 23.9 Å². The van der Waals surface area contributed by atoms with Crippen LogP contribution in [-0.4, -0.2) is 95.8 Å². The molecule has 0 radical (unpaired) electrons. The number of ketones is 4. The van der Waals surface area contributed by atoms with Crippen LogP contribution >= 0.6 is 0 Å². The highest BCUT2D eigenvalue weighted by atomic mass is 16.6. The fraction of sp³-hybridized carbons (Fsp3) is 0.444. The molecule has 0 bridgehead atoms. The van der Waals surface area contributed by atoms with Crippen LogP contribution in [0.4, 0.5) is 0 Å². The molecule has 0 unspecified atom stereocenters. The average molecular weight is 1210 g/mol. The second-order valence-electron chi connectivity index (χ2n) is 23.3. The van der Waals surface area contributed by atoms with Crippen LogP contribution in [0.3, 0.4) is 0 Å². The lowest BCUT2D eigenvalue weighted by molar-refractivity contribution is -0.170. The summed E-state index contributed by atoms with van der Waals surface area (Å²) in [5.74, 6) is -3.43. The van der Waals surface area contributed by atoms with Crippen molar-refractivity contribution in [1.29, 1.82) is 0 Å². The molecule has 0 aliphatic heterocycles. The van der Waals surface area contributed by atoms with E-state index in [2.05, 4.69) is 26.3 Å². The maximum Gasteiger partial charge on any atom is 0.378 e. The molecule has 472 valence electrons. The molecule has 0 heterocycles. The first-order valence-corrected chi connectivity index (χ1v) is 30.6. The largest absolute Gasteiger partial charge is 0.485 e. The standard InChI is InChI=1S/C19H24O4.2C18H22O4.C17H20O4/c1-4-15-7-9-16(10-8-15)22-13-17(20)18(21)23-19(14(2)3)11-5-6-12-19;1-3-14-7-9-15(10-8-14)21-13-16(19)17(20)22-18(2)11-5-4-6-12-18;1-3-14-7-9-15(10-8-14)21-13-16(19)17(20)22-18(4-2)11-5-6-12-18;1-3-13-6-8-14(9-7-13)20-12-15(18)16(19)21-17(2)10-4-5-11-17/h4,7-10,14H,1,5-6,11-13H2,2-3H3;2*3,7-10H,1,4-6,11-13H2,2H3;3,6-9H,1,4-5,10-12H2,2H3. The van der Waals surface area contributed by atoms with E-state index in [0.717, 1.165) is 138 Å². The minimum Gasteiger partial charge on any atom is -0.485 e. The van der Waals surface area contributed by atoms with Gasteiger partial charge < -0.3 is 37.9 Å². The van der Waals surface area contributed by atoms with Gasteiger partial charge in [0.2, 0.25) is 0 Å². The summed E-state index contributed by atoms with van der Waals surface area (Å²) < 4.78 is 43.0. The van der Waals surface area contributed by atoms with Crippen LogP contribution in [0.1, 0.15) is 172 Å². The normalized spacial score (nSPS) is 16.2. The van der Waals surface area contributed by atoms with Crippen LogP contribution in [0.2, 0.25) is 0 Å². The highest BCUT2D eigenvalue weighted by Gasteiger charge is 2.42. The van der Waals surface area contributed by atoms with Crippen molar-refractivity contribution in [1.82, 2.24) is 0 Å². The zero-order valence-electron chi connectivity index (χ0n) is 52.0. The summed E-state index contributed by atoms with van der Waals surface area (Å²) in [6.07, 6.45) is 23.7. The molecule has 0 saturated heterocycles. The second kappa shape index (κ2) is 34.8. The smallest absolute Gasteiger partial charge is 0.378 e. The Morgan fingerprint density at radius 2 is 0.625 bits per heavy atom. The fourth-order valence-electron chi connectivity index (χ4n) is 10.6. The topological polar surface area (TPSA) is 210 Å². The van der Waals surface area contributed by atoms with E-state index < -0.39 is 69.4 Å². The number of hydrogen-bond donors (Lipinski definition) is 0. The Morgan fingerprint density at radius 1 is 0.375 bits per heavy atom. The lowest BCUT2D eigenvalue weighted by Crippen LogP contribution is -2.40. The summed E-state index contributed by atoms with van der Waals surface area (Å²) in [6, 6.07) is 28.5. The van der Waals surface area contributed by atoms with Gasteiger partial charge in [0.15, 0.2) is 26.4 Å². The molecule has 4 aliphatic carbocycles. The van der Waals surface area contributed by atoms with Crippen LogP contribution < -0.4 is 18.9 Å². The van der Waals surface area contributed by atoms with Gasteiger partial charge in [-0.2, -0.15) is 0 Å². The van der Waals surface area contributed by atoms with Gasteiger partial charge in [0.05, 0.1) is 0 Å². The highest BCUT2D eigenvalue weighted by Crippen LogP contribution is 2.40. The number of benzene rings is 4. The Labute approximate surface area is 519 Å². The second-order valence-corrected chi connectivity index (χ2v) is 23.3. The minimum atomic E-state index is -0.804. The number of rotatable bonds is 26. The van der Waals surface area contributed by atoms with E-state index in [9.17, 15) is 38.4 Å². The van der Waals surface area contributed by atoms with Crippen molar-refractivity contribution in [2.75, 3.05) is 26.4 Å². The van der Waals surface area contributed by atoms with E-state index in [4.69, 9.17) is 37.9 Å². The van der Waals surface area contributed by atoms with Crippen molar-refractivity contribution in [3.05, 3.63) is 146 Å². The first-order chi connectivity index (χ1) is 42.1. The van der Waals surface area contributed by atoms with E-state index in [0.29, 0.717) is 23.0 Å². The van der Waals surface area contributed by atoms with Crippen LogP contribution in [0.25, 0.3) is 24.3 Å². The zero-order valence-corrected chi connectivity index (χ0v) is 52.0. The Bertz CT molecular complexity index is 2980. The molecule has 0 spiro atoms. The molecule has 8 rings (SSSR count). The van der Waals surface area contributed by atoms with E-state index in [1.165, 1.54) is 0 Å². The molecule has 4 aromatic carbocycles. The van der Waals surface area contributed by atoms with Crippen LogP contribution in [0, 0.1) is 5.92 Å². The Balaban J connectivity index is 0.000000214. The lowest BCUT2D eigenvalue weighted by Gasteiger charge is -2.32. The monoisotopic (exact) mass is 1210 g/mol. The number of esters is 4. The number of hydrogen-bond acceptors (Lipinski definition) is 16. The minimum absolute atomic E-state index is 0.203. The van der Waals surface area contributed by atoms with Gasteiger partial charge in [-0.1, -0.05) is 126 Å². The van der Waals surface area contributed by atoms with Gasteiger partial charge in [0, 0.05) is 0 Å². The number of carbonyl (C=O) groups is 8. The van der Waals surface area contributed by atoms with Gasteiger partial charge in [-0.15, -0.1) is 0 Å². The predicted molar refractivity (Wildman–Crippen MR) is 338 cm³/mol. The number of ether oxygens (including phenoxy) is 8. The van der Waals surface area contributed by atoms with Crippen molar-refractivity contribution < 1.29 is 76.3 Å². The molecular weight excluding hydrogens is 1120 g/mol. The molecule has 4 aliphatic rings. The fourth-order valence-corrected chi connectivity index (χ4v) is 10.6. The Hall–Kier alpha value is -8.40. The third-order valence-corrected chi connectivity index (χ3v) is 16.4. The van der Waals surface area contributed by atoms with Gasteiger partial charge in [-0.3, -0.25) is 19.2 Å². The van der Waals surface area contributed by atoms with E-state index in [1.807, 2.05) is 83.1 Å². The molecular formula is C72H88O16. The maximum absolute atomic E-state index is 12.1. The van der Waals surface area contributed by atoms with Gasteiger partial charge in [0.1, 0.15) is 45.4 Å². The predicted octanol–water partition coefficient (Wildman–Crippen LogP) is 14.0. The molecule has 0 aromatic heterocycles. The van der Waals surface area contributed by atoms with Crippen LogP contribution in [-0.2, 0) is 57.3 Å². The molecule has 4 fully saturated rings. The van der Waals surface area contributed by atoms with Crippen molar-refractivity contribution in [3.63, 3.8) is 0 Å². The molecule has 0 amide bonds. The third-order valence-electron chi connectivity index (χ3n) is 16.4. The van der Waals surface area contributed by atoms with Crippen LogP contribution in [0.5, 0.6) is 23.0 Å². The van der Waals surface area contributed by atoms with Gasteiger partial charge in [0.25, 0.3) is 23.1 Å². The van der Waals surface area contributed by atoms with E-state index in [1.54, 1.807) is 72.8 Å². The van der Waals surface area contributed by atoms with Crippen molar-refractivity contribution >= 4 is 71.3 Å². The number of carbonyl (C=O) groups excluding carboxylic acids is 8. The summed E-state index contributed by atoms with van der Waals surface area (Å²) in [4.78, 5) is 95.1. The molecule has 88 heavy (non-hydrogen) atoms. The third kappa shape index (κ3) is 22.7. The SMILES string of the molecule is C=Cc1ccc(OCC(=O)C(=O)OC2(C(C)C)CCCC2)cc1.C=Cc1ccc(OCC(=O)C(=O)OC2(C)CCCC2)cc1.C=Cc1ccc(OCC(=O)C(=O)OC2(C)CCCCC2)cc1.C=Cc1ccc(OCC(=O)C(=O)OC2(CC)CCCC2)cc1. The lowest BCUT2D eigenvalue weighted by atomic mass is 9.86. The highest BCUT2D eigenvalue weighted by molar-refractivity contribution is 6.35. The Kier molecular flexibility index (Phi) is 27.8. The summed E-state index contributed by atoms with van der Waals surface area (Å²) in [6.45, 7) is 23.3. The summed E-state index contributed by atoms with van der Waals surface area (Å²) in [7, 11) is 0.